The monoisotopic (exact) mass is 266 g/mol. The number of benzene rings is 1. The molecule has 0 spiro atoms. The fraction of sp³-hybridized carbons (Fsp3) is 0.182. The number of anilines is 1. The van der Waals surface area contributed by atoms with Gasteiger partial charge >= 0.3 is 0 Å². The van der Waals surface area contributed by atoms with E-state index in [0.29, 0.717) is 11.6 Å². The van der Waals surface area contributed by atoms with E-state index >= 15 is 0 Å². The van der Waals surface area contributed by atoms with E-state index in [2.05, 4.69) is 14.9 Å². The Morgan fingerprint density at radius 1 is 1.44 bits per heavy atom. The number of carbonyl (C=O) groups excluding carboxylic acids is 1. The predicted octanol–water partition coefficient (Wildman–Crippen LogP) is 1.58. The Morgan fingerprint density at radius 2 is 2.17 bits per heavy atom. The average Bonchev–Trinajstić information content (AvgIpc) is 2.77. The molecule has 1 amide bonds. The number of amides is 1. The number of halogens is 1. The molecule has 0 aliphatic carbocycles. The Bertz CT molecular complexity index is 570. The van der Waals surface area contributed by atoms with Gasteiger partial charge in [-0.1, -0.05) is 29.8 Å². The number of aromatic nitrogens is 2. The van der Waals surface area contributed by atoms with Crippen LogP contribution in [-0.2, 0) is 6.54 Å². The third-order valence-corrected chi connectivity index (χ3v) is 2.80. The third-order valence-electron chi connectivity index (χ3n) is 2.43. The number of nitrogen functional groups attached to an aromatic ring is 1. The minimum absolute atomic E-state index is 0.00422. The van der Waals surface area contributed by atoms with Gasteiger partial charge in [-0.05, 0) is 21.9 Å². The first-order chi connectivity index (χ1) is 8.59. The van der Waals surface area contributed by atoms with Gasteiger partial charge in [-0.2, -0.15) is 0 Å². The molecule has 0 bridgehead atoms. The Morgan fingerprint density at radius 3 is 2.78 bits per heavy atom. The molecule has 2 rings (SSSR count). The maximum Gasteiger partial charge on any atom is 0.280 e. The molecule has 0 saturated heterocycles. The van der Waals surface area contributed by atoms with Gasteiger partial charge in [0.25, 0.3) is 5.91 Å². The molecule has 94 valence electrons. The number of hydrogen-bond donors (Lipinski definition) is 1. The molecule has 0 radical (unpaired) electrons. The van der Waals surface area contributed by atoms with E-state index in [9.17, 15) is 4.79 Å². The van der Waals surface area contributed by atoms with Gasteiger partial charge in [0, 0.05) is 18.6 Å². The Kier molecular flexibility index (Phi) is 3.47. The largest absolute Gasteiger partial charge is 0.379 e. The molecule has 0 fully saturated rings. The summed E-state index contributed by atoms with van der Waals surface area (Å²) in [5, 5.41) is 7.43. The molecule has 0 atom stereocenters. The van der Waals surface area contributed by atoms with E-state index in [0.717, 1.165) is 5.56 Å². The molecule has 1 heterocycles. The number of nitrogens with zero attached hydrogens (tertiary/aromatic N) is 3. The first-order valence-electron chi connectivity index (χ1n) is 5.16. The van der Waals surface area contributed by atoms with Crippen molar-refractivity contribution in [2.75, 3.05) is 12.8 Å². The molecule has 2 N–H and O–H groups in total. The highest BCUT2D eigenvalue weighted by Gasteiger charge is 2.20. The number of rotatable bonds is 3. The summed E-state index contributed by atoms with van der Waals surface area (Å²) in [5.41, 5.74) is 6.30. The van der Waals surface area contributed by atoms with Crippen molar-refractivity contribution in [3.8, 4) is 0 Å². The van der Waals surface area contributed by atoms with E-state index in [1.165, 1.54) is 4.90 Å². The number of carbonyl (C=O) groups is 1. The molecule has 0 unspecified atom stereocenters. The second kappa shape index (κ2) is 5.05. The highest BCUT2D eigenvalue weighted by molar-refractivity contribution is 6.31. The number of nitrogens with two attached hydrogens (primary N) is 1. The molecule has 0 aliphatic rings. The van der Waals surface area contributed by atoms with Crippen molar-refractivity contribution in [2.24, 2.45) is 0 Å². The van der Waals surface area contributed by atoms with Crippen molar-refractivity contribution in [1.29, 1.82) is 0 Å². The zero-order valence-electron chi connectivity index (χ0n) is 9.63. The summed E-state index contributed by atoms with van der Waals surface area (Å²) in [6.45, 7) is 0.352. The lowest BCUT2D eigenvalue weighted by Crippen LogP contribution is -2.27. The lowest BCUT2D eigenvalue weighted by molar-refractivity contribution is 0.0775. The van der Waals surface area contributed by atoms with Gasteiger partial charge in [0.15, 0.2) is 0 Å². The summed E-state index contributed by atoms with van der Waals surface area (Å²) in [6.07, 6.45) is 0. The van der Waals surface area contributed by atoms with Crippen LogP contribution in [0.25, 0.3) is 0 Å². The molecule has 0 saturated carbocycles. The highest BCUT2D eigenvalue weighted by atomic mass is 35.5. The maximum atomic E-state index is 12.0. The molecule has 1 aromatic heterocycles. The van der Waals surface area contributed by atoms with Crippen LogP contribution in [0.2, 0.25) is 5.02 Å². The first-order valence-corrected chi connectivity index (χ1v) is 5.54. The zero-order valence-corrected chi connectivity index (χ0v) is 10.4. The lowest BCUT2D eigenvalue weighted by Gasteiger charge is -2.16. The second-order valence-corrected chi connectivity index (χ2v) is 4.16. The van der Waals surface area contributed by atoms with Gasteiger partial charge in [0.2, 0.25) is 11.5 Å². The summed E-state index contributed by atoms with van der Waals surface area (Å²) in [6, 6.07) is 7.29. The summed E-state index contributed by atoms with van der Waals surface area (Å²) in [4.78, 5) is 13.4. The molecule has 2 aromatic rings. The van der Waals surface area contributed by atoms with Crippen molar-refractivity contribution < 1.29 is 9.42 Å². The highest BCUT2D eigenvalue weighted by Crippen LogP contribution is 2.17. The number of hydrogen-bond acceptors (Lipinski definition) is 5. The fourth-order valence-electron chi connectivity index (χ4n) is 1.48. The summed E-state index contributed by atoms with van der Waals surface area (Å²) in [7, 11) is 1.62. The molecular formula is C11H11ClN4O2. The summed E-state index contributed by atoms with van der Waals surface area (Å²) < 4.78 is 4.39. The second-order valence-electron chi connectivity index (χ2n) is 3.75. The van der Waals surface area contributed by atoms with Crippen molar-refractivity contribution in [2.45, 2.75) is 6.54 Å². The molecule has 0 aliphatic heterocycles. The van der Waals surface area contributed by atoms with E-state index in [1.807, 2.05) is 18.2 Å². The van der Waals surface area contributed by atoms with Gasteiger partial charge in [-0.25, -0.2) is 4.63 Å². The fourth-order valence-corrected chi connectivity index (χ4v) is 1.67. The van der Waals surface area contributed by atoms with Crippen molar-refractivity contribution in [1.82, 2.24) is 15.2 Å². The van der Waals surface area contributed by atoms with Gasteiger partial charge < -0.3 is 10.6 Å². The summed E-state index contributed by atoms with van der Waals surface area (Å²) in [5.74, 6) is -0.389. The maximum absolute atomic E-state index is 12.0. The van der Waals surface area contributed by atoms with Crippen LogP contribution in [0.3, 0.4) is 0 Å². The van der Waals surface area contributed by atoms with Gasteiger partial charge in [-0.15, -0.1) is 0 Å². The summed E-state index contributed by atoms with van der Waals surface area (Å²) >= 11 is 6.02. The van der Waals surface area contributed by atoms with Crippen molar-refractivity contribution in [3.63, 3.8) is 0 Å². The predicted molar refractivity (Wildman–Crippen MR) is 66.0 cm³/mol. The molecule has 18 heavy (non-hydrogen) atoms. The molecule has 1 aromatic carbocycles. The first kappa shape index (κ1) is 12.4. The normalized spacial score (nSPS) is 10.3. The average molecular weight is 267 g/mol. The quantitative estimate of drug-likeness (QED) is 0.911. The van der Waals surface area contributed by atoms with Crippen molar-refractivity contribution in [3.05, 3.63) is 40.5 Å². The lowest BCUT2D eigenvalue weighted by atomic mass is 10.2. The van der Waals surface area contributed by atoms with Gasteiger partial charge in [0.1, 0.15) is 0 Å². The van der Waals surface area contributed by atoms with Crippen molar-refractivity contribution >= 4 is 23.3 Å². The van der Waals surface area contributed by atoms with Crippen LogP contribution in [0.4, 0.5) is 5.82 Å². The molecule has 6 nitrogen and oxygen atoms in total. The zero-order chi connectivity index (χ0) is 13.1. The van der Waals surface area contributed by atoms with E-state index in [4.69, 9.17) is 17.3 Å². The minimum Gasteiger partial charge on any atom is -0.379 e. The minimum atomic E-state index is -0.367. The van der Waals surface area contributed by atoms with Crippen LogP contribution in [0, 0.1) is 0 Å². The van der Waals surface area contributed by atoms with Crippen LogP contribution in [0.15, 0.2) is 28.9 Å². The van der Waals surface area contributed by atoms with E-state index in [1.54, 1.807) is 13.1 Å². The smallest absolute Gasteiger partial charge is 0.280 e. The molecular weight excluding hydrogens is 256 g/mol. The van der Waals surface area contributed by atoms with E-state index < -0.39 is 0 Å². The van der Waals surface area contributed by atoms with Gasteiger partial charge in [0.05, 0.1) is 0 Å². The Labute approximate surface area is 108 Å². The van der Waals surface area contributed by atoms with Crippen LogP contribution in [0.1, 0.15) is 16.1 Å². The van der Waals surface area contributed by atoms with E-state index in [-0.39, 0.29) is 17.4 Å². The van der Waals surface area contributed by atoms with Crippen LogP contribution < -0.4 is 5.73 Å². The Balaban J connectivity index is 2.14. The topological polar surface area (TPSA) is 85.2 Å². The van der Waals surface area contributed by atoms with Crippen LogP contribution in [0.5, 0.6) is 0 Å². The third kappa shape index (κ3) is 2.43. The van der Waals surface area contributed by atoms with Crippen LogP contribution >= 0.6 is 11.6 Å². The Hall–Kier alpha value is -2.08. The SMILES string of the molecule is CN(Cc1ccccc1Cl)C(=O)c1nonc1N. The van der Waals surface area contributed by atoms with Gasteiger partial charge in [-0.3, -0.25) is 4.79 Å². The van der Waals surface area contributed by atoms with Crippen LogP contribution in [-0.4, -0.2) is 28.2 Å². The molecule has 7 heteroatoms. The standard InChI is InChI=1S/C11H11ClN4O2/c1-16(6-7-4-2-3-5-8(7)12)11(17)9-10(13)15-18-14-9/h2-5H,6H2,1H3,(H2,13,15).